The molecule has 0 aliphatic heterocycles. The average molecular weight is 594 g/mol. The molecule has 43 heavy (non-hydrogen) atoms. The van der Waals surface area contributed by atoms with Gasteiger partial charge in [0.1, 0.15) is 11.4 Å². The second kappa shape index (κ2) is 10.9. The van der Waals surface area contributed by atoms with Crippen molar-refractivity contribution in [3.8, 4) is 11.4 Å². The van der Waals surface area contributed by atoms with Crippen molar-refractivity contribution in [2.24, 2.45) is 5.41 Å². The van der Waals surface area contributed by atoms with Crippen LogP contribution in [0, 0.1) is 5.41 Å². The first-order valence-electron chi connectivity index (χ1n) is 14.9. The number of halogens is 2. The Bertz CT molecular complexity index is 1430. The van der Waals surface area contributed by atoms with Gasteiger partial charge in [-0.05, 0) is 103 Å². The lowest BCUT2D eigenvalue weighted by Gasteiger charge is -2.54. The lowest BCUT2D eigenvalue weighted by Crippen LogP contribution is -2.51. The number of pyridine rings is 2. The maximum Gasteiger partial charge on any atom is 0.416 e. The number of anilines is 1. The van der Waals surface area contributed by atoms with Crippen LogP contribution in [0.3, 0.4) is 0 Å². The highest BCUT2D eigenvalue weighted by Crippen LogP contribution is 2.58. The summed E-state index contributed by atoms with van der Waals surface area (Å²) in [5.74, 6) is -2.00. The number of rotatable bonds is 7. The van der Waals surface area contributed by atoms with E-state index in [4.69, 9.17) is 4.74 Å². The van der Waals surface area contributed by atoms with Crippen LogP contribution in [-0.2, 0) is 21.7 Å². The van der Waals surface area contributed by atoms with Gasteiger partial charge in [-0.25, -0.2) is 28.5 Å². The number of nitrogens with zero attached hydrogens (tertiary/aromatic N) is 5. The minimum Gasteiger partial charge on any atom is -0.443 e. The lowest BCUT2D eigenvalue weighted by atomic mass is 9.52. The number of fused-ring (bicyclic) bond motifs is 3. The van der Waals surface area contributed by atoms with Gasteiger partial charge in [0.15, 0.2) is 5.82 Å². The first kappa shape index (κ1) is 30.9. The number of ether oxygens (including phenoxy) is 1. The molecule has 8 nitrogen and oxygen atoms in total. The second-order valence-corrected chi connectivity index (χ2v) is 13.9. The summed E-state index contributed by atoms with van der Waals surface area (Å²) in [6.45, 7) is 10.2. The highest BCUT2D eigenvalue weighted by atomic mass is 19.3. The molecule has 0 aromatic carbocycles. The molecule has 0 saturated heterocycles. The fourth-order valence-electron chi connectivity index (χ4n) is 6.24. The zero-order valence-electron chi connectivity index (χ0n) is 25.8. The van der Waals surface area contributed by atoms with E-state index in [1.807, 2.05) is 20.8 Å². The molecule has 0 unspecified atom stereocenters. The Kier molecular flexibility index (Phi) is 7.82. The zero-order chi connectivity index (χ0) is 31.3. The van der Waals surface area contributed by atoms with Crippen LogP contribution in [0.25, 0.3) is 11.4 Å². The molecule has 10 heteroatoms. The molecule has 6 rings (SSSR count). The summed E-state index contributed by atoms with van der Waals surface area (Å²) < 4.78 is 33.4. The minimum atomic E-state index is -2.92. The van der Waals surface area contributed by atoms with Crippen molar-refractivity contribution < 1.29 is 23.4 Å². The van der Waals surface area contributed by atoms with Crippen molar-refractivity contribution in [1.29, 1.82) is 0 Å². The summed E-state index contributed by atoms with van der Waals surface area (Å²) >= 11 is 0. The molecule has 3 aliphatic carbocycles. The topological polar surface area (TPSA) is 101 Å². The predicted octanol–water partition coefficient (Wildman–Crippen LogP) is 7.31. The monoisotopic (exact) mass is 593 g/mol. The molecule has 1 amide bonds. The predicted molar refractivity (Wildman–Crippen MR) is 160 cm³/mol. The van der Waals surface area contributed by atoms with Crippen LogP contribution in [0.2, 0.25) is 0 Å². The molecule has 2 bridgehead atoms. The minimum absolute atomic E-state index is 0.0741. The number of hydrogen-bond donors (Lipinski definition) is 1. The van der Waals surface area contributed by atoms with E-state index in [0.717, 1.165) is 51.1 Å². The standard InChI is InChI=1S/C33H41F2N5O3/c1-29(2,3)43-28(41)40(26-17-22(9-16-36-26)27-38-19-24(20-39-27)30(4,5)42)21-32-10-13-33(14-11-32,15-12-32)25-8-7-23(18-37-25)31(6,34)35/h7-9,16-20,42H,10-15,21H2,1-6H3. The van der Waals surface area contributed by atoms with Crippen molar-refractivity contribution in [2.75, 3.05) is 11.4 Å². The molecular formula is C33H41F2N5O3. The number of aromatic nitrogens is 4. The van der Waals surface area contributed by atoms with Gasteiger partial charge >= 0.3 is 6.09 Å². The Morgan fingerprint density at radius 1 is 0.884 bits per heavy atom. The Balaban J connectivity index is 1.39. The average Bonchev–Trinajstić information content (AvgIpc) is 2.95. The van der Waals surface area contributed by atoms with E-state index in [1.54, 1.807) is 55.5 Å². The molecule has 0 spiro atoms. The Morgan fingerprint density at radius 2 is 1.49 bits per heavy atom. The van der Waals surface area contributed by atoms with Gasteiger partial charge in [-0.2, -0.15) is 0 Å². The first-order chi connectivity index (χ1) is 20.0. The number of hydrogen-bond acceptors (Lipinski definition) is 7. The highest BCUT2D eigenvalue weighted by Gasteiger charge is 2.51. The molecule has 3 fully saturated rings. The van der Waals surface area contributed by atoms with Crippen molar-refractivity contribution in [2.45, 2.75) is 103 Å². The summed E-state index contributed by atoms with van der Waals surface area (Å²) in [5.41, 5.74) is 0.0789. The van der Waals surface area contributed by atoms with E-state index >= 15 is 0 Å². The first-order valence-corrected chi connectivity index (χ1v) is 14.9. The van der Waals surface area contributed by atoms with Crippen LogP contribution in [0.1, 0.15) is 96.9 Å². The summed E-state index contributed by atoms with van der Waals surface area (Å²) in [7, 11) is 0. The van der Waals surface area contributed by atoms with Gasteiger partial charge in [-0.15, -0.1) is 0 Å². The number of carbonyl (C=O) groups is 1. The fraction of sp³-hybridized carbons (Fsp3) is 0.545. The van der Waals surface area contributed by atoms with Crippen molar-refractivity contribution in [3.05, 3.63) is 65.9 Å². The molecule has 3 aromatic rings. The van der Waals surface area contributed by atoms with Crippen LogP contribution in [-0.4, -0.2) is 43.3 Å². The van der Waals surface area contributed by atoms with Gasteiger partial charge in [0.05, 0.1) is 5.60 Å². The lowest BCUT2D eigenvalue weighted by molar-refractivity contribution is 0.0164. The summed E-state index contributed by atoms with van der Waals surface area (Å²) in [6, 6.07) is 6.85. The van der Waals surface area contributed by atoms with Crippen LogP contribution in [0.15, 0.2) is 49.1 Å². The summed E-state index contributed by atoms with van der Waals surface area (Å²) in [5, 5.41) is 10.3. The third-order valence-electron chi connectivity index (χ3n) is 8.96. The second-order valence-electron chi connectivity index (χ2n) is 13.9. The van der Waals surface area contributed by atoms with Crippen LogP contribution in [0.5, 0.6) is 0 Å². The normalized spacial score (nSPS) is 22.3. The smallest absolute Gasteiger partial charge is 0.416 e. The molecule has 1 N–H and O–H groups in total. The largest absolute Gasteiger partial charge is 0.443 e. The molecule has 3 heterocycles. The van der Waals surface area contributed by atoms with Gasteiger partial charge in [-0.1, -0.05) is 0 Å². The van der Waals surface area contributed by atoms with E-state index in [1.165, 1.54) is 12.3 Å². The molecule has 3 saturated carbocycles. The summed E-state index contributed by atoms with van der Waals surface area (Å²) in [4.78, 5) is 33.2. The van der Waals surface area contributed by atoms with E-state index in [0.29, 0.717) is 29.3 Å². The number of aliphatic hydroxyl groups is 1. The molecule has 0 atom stereocenters. The third-order valence-corrected chi connectivity index (χ3v) is 8.96. The SMILES string of the molecule is CC(C)(C)OC(=O)N(CC12CCC(c3ccc(C(C)(F)F)cn3)(CC1)CC2)c1cc(-c2ncc(C(C)(C)O)cn2)ccn1. The zero-order valence-corrected chi connectivity index (χ0v) is 25.8. The van der Waals surface area contributed by atoms with Crippen molar-refractivity contribution in [1.82, 2.24) is 19.9 Å². The van der Waals surface area contributed by atoms with Gasteiger partial charge < -0.3 is 9.84 Å². The molecule has 0 radical (unpaired) electrons. The maximum absolute atomic E-state index is 13.8. The highest BCUT2D eigenvalue weighted by molar-refractivity contribution is 5.87. The van der Waals surface area contributed by atoms with Gasteiger partial charge in [0, 0.05) is 66.1 Å². The number of carbonyl (C=O) groups excluding carboxylic acids is 1. The molecular weight excluding hydrogens is 552 g/mol. The van der Waals surface area contributed by atoms with Gasteiger partial charge in [0.2, 0.25) is 0 Å². The maximum atomic E-state index is 13.8. The quantitative estimate of drug-likeness (QED) is 0.307. The van der Waals surface area contributed by atoms with Gasteiger partial charge in [-0.3, -0.25) is 9.88 Å². The molecule has 230 valence electrons. The molecule has 3 aliphatic rings. The fourth-order valence-corrected chi connectivity index (χ4v) is 6.24. The van der Waals surface area contributed by atoms with Gasteiger partial charge in [0.25, 0.3) is 5.92 Å². The van der Waals surface area contributed by atoms with Crippen molar-refractivity contribution >= 4 is 11.9 Å². The van der Waals surface area contributed by atoms with Crippen molar-refractivity contribution in [3.63, 3.8) is 0 Å². The van der Waals surface area contributed by atoms with Crippen LogP contribution in [0.4, 0.5) is 19.4 Å². The van der Waals surface area contributed by atoms with E-state index in [2.05, 4.69) is 19.9 Å². The van der Waals surface area contributed by atoms with E-state index in [-0.39, 0.29) is 16.4 Å². The summed E-state index contributed by atoms with van der Waals surface area (Å²) in [6.07, 6.45) is 10.9. The van der Waals surface area contributed by atoms with Crippen LogP contribution < -0.4 is 4.90 Å². The Labute approximate surface area is 252 Å². The Hall–Kier alpha value is -3.53. The number of amides is 1. The Morgan fingerprint density at radius 3 is 2.00 bits per heavy atom. The number of alkyl halides is 2. The molecule has 3 aromatic heterocycles. The third kappa shape index (κ3) is 6.69. The van der Waals surface area contributed by atoms with E-state index in [9.17, 15) is 18.7 Å². The van der Waals surface area contributed by atoms with Crippen LogP contribution >= 0.6 is 0 Å². The van der Waals surface area contributed by atoms with E-state index < -0.39 is 23.2 Å².